The highest BCUT2D eigenvalue weighted by Crippen LogP contribution is 2.25. The fraction of sp³-hybridized carbons (Fsp3) is 1.00. The van der Waals surface area contributed by atoms with Crippen molar-refractivity contribution in [1.29, 1.82) is 0 Å². The standard InChI is InChI=1S/C25H54N2/c1-8-12-14-15-16-20-24(18-11-4)27(7)22-21-25(26(5)6)23(17-10-3)19-13-9-2/h23-25H,8-22H2,1-7H3. The van der Waals surface area contributed by atoms with E-state index in [1.165, 1.54) is 96.4 Å². The third kappa shape index (κ3) is 12.9. The van der Waals surface area contributed by atoms with Crippen molar-refractivity contribution >= 4 is 0 Å². The lowest BCUT2D eigenvalue weighted by Crippen LogP contribution is -2.40. The van der Waals surface area contributed by atoms with E-state index in [1.807, 2.05) is 0 Å². The summed E-state index contributed by atoms with van der Waals surface area (Å²) in [7, 11) is 6.99. The van der Waals surface area contributed by atoms with E-state index in [-0.39, 0.29) is 0 Å². The van der Waals surface area contributed by atoms with Gasteiger partial charge in [-0.05, 0) is 65.7 Å². The van der Waals surface area contributed by atoms with Gasteiger partial charge in [0.2, 0.25) is 0 Å². The monoisotopic (exact) mass is 382 g/mol. The Balaban J connectivity index is 4.59. The molecule has 0 radical (unpaired) electrons. The van der Waals surface area contributed by atoms with Gasteiger partial charge in [0, 0.05) is 12.1 Å². The summed E-state index contributed by atoms with van der Waals surface area (Å²) < 4.78 is 0. The van der Waals surface area contributed by atoms with Gasteiger partial charge in [0.25, 0.3) is 0 Å². The molecule has 0 rings (SSSR count). The molecule has 0 aromatic carbocycles. The van der Waals surface area contributed by atoms with E-state index in [1.54, 1.807) is 0 Å². The van der Waals surface area contributed by atoms with Crippen LogP contribution < -0.4 is 0 Å². The molecule has 3 unspecified atom stereocenters. The number of unbranched alkanes of at least 4 members (excludes halogenated alkanes) is 5. The van der Waals surface area contributed by atoms with Crippen molar-refractivity contribution in [2.24, 2.45) is 5.92 Å². The number of hydrogen-bond acceptors (Lipinski definition) is 2. The zero-order chi connectivity index (χ0) is 20.5. The van der Waals surface area contributed by atoms with Crippen LogP contribution in [0.3, 0.4) is 0 Å². The van der Waals surface area contributed by atoms with Gasteiger partial charge < -0.3 is 9.80 Å². The molecule has 2 nitrogen and oxygen atoms in total. The van der Waals surface area contributed by atoms with Crippen LogP contribution in [-0.4, -0.2) is 49.6 Å². The Hall–Kier alpha value is -0.0800. The van der Waals surface area contributed by atoms with Crippen LogP contribution in [0.25, 0.3) is 0 Å². The Morgan fingerprint density at radius 2 is 1.19 bits per heavy atom. The molecular formula is C25H54N2. The van der Waals surface area contributed by atoms with Crippen LogP contribution in [0, 0.1) is 5.92 Å². The van der Waals surface area contributed by atoms with Crippen molar-refractivity contribution in [3.05, 3.63) is 0 Å². The van der Waals surface area contributed by atoms with Crippen LogP contribution in [0.15, 0.2) is 0 Å². The highest BCUT2D eigenvalue weighted by Gasteiger charge is 2.24. The first kappa shape index (κ1) is 26.9. The molecule has 0 saturated heterocycles. The van der Waals surface area contributed by atoms with Gasteiger partial charge in [-0.1, -0.05) is 85.5 Å². The van der Waals surface area contributed by atoms with Crippen molar-refractivity contribution < 1.29 is 0 Å². The molecule has 0 aliphatic rings. The van der Waals surface area contributed by atoms with E-state index >= 15 is 0 Å². The van der Waals surface area contributed by atoms with Crippen molar-refractivity contribution in [1.82, 2.24) is 9.80 Å². The maximum atomic E-state index is 2.70. The van der Waals surface area contributed by atoms with Crippen LogP contribution in [0.5, 0.6) is 0 Å². The van der Waals surface area contributed by atoms with E-state index < -0.39 is 0 Å². The van der Waals surface area contributed by atoms with Crippen molar-refractivity contribution in [2.45, 2.75) is 130 Å². The summed E-state index contributed by atoms with van der Waals surface area (Å²) in [6.07, 6.45) is 19.3. The summed E-state index contributed by atoms with van der Waals surface area (Å²) in [5.41, 5.74) is 0. The maximum Gasteiger partial charge on any atom is 0.0130 e. The fourth-order valence-corrected chi connectivity index (χ4v) is 4.70. The molecule has 0 fully saturated rings. The molecule has 0 saturated carbocycles. The van der Waals surface area contributed by atoms with E-state index in [9.17, 15) is 0 Å². The van der Waals surface area contributed by atoms with Gasteiger partial charge in [0.1, 0.15) is 0 Å². The lowest BCUT2D eigenvalue weighted by molar-refractivity contribution is 0.140. The minimum atomic E-state index is 0.741. The third-order valence-corrected chi connectivity index (χ3v) is 6.46. The highest BCUT2D eigenvalue weighted by molar-refractivity contribution is 4.79. The molecule has 27 heavy (non-hydrogen) atoms. The summed E-state index contributed by atoms with van der Waals surface area (Å²) in [5.74, 6) is 0.872. The molecule has 0 aliphatic carbocycles. The Bertz CT molecular complexity index is 303. The first-order valence-electron chi connectivity index (χ1n) is 12.4. The van der Waals surface area contributed by atoms with E-state index in [0.29, 0.717) is 0 Å². The smallest absolute Gasteiger partial charge is 0.0130 e. The molecule has 0 heterocycles. The summed E-state index contributed by atoms with van der Waals surface area (Å²) in [6, 6.07) is 1.53. The number of rotatable bonds is 19. The molecule has 164 valence electrons. The summed E-state index contributed by atoms with van der Waals surface area (Å²) in [4.78, 5) is 5.21. The van der Waals surface area contributed by atoms with E-state index in [4.69, 9.17) is 0 Å². The van der Waals surface area contributed by atoms with Crippen molar-refractivity contribution in [2.75, 3.05) is 27.7 Å². The van der Waals surface area contributed by atoms with Gasteiger partial charge in [-0.2, -0.15) is 0 Å². The third-order valence-electron chi connectivity index (χ3n) is 6.46. The topological polar surface area (TPSA) is 6.48 Å². The lowest BCUT2D eigenvalue weighted by Gasteiger charge is -2.35. The minimum absolute atomic E-state index is 0.741. The van der Waals surface area contributed by atoms with Gasteiger partial charge in [0.05, 0.1) is 0 Å². The Kier molecular flexibility index (Phi) is 17.9. The highest BCUT2D eigenvalue weighted by atomic mass is 15.1. The van der Waals surface area contributed by atoms with Gasteiger partial charge in [0.15, 0.2) is 0 Å². The zero-order valence-electron chi connectivity index (χ0n) is 20.2. The second-order valence-corrected chi connectivity index (χ2v) is 9.14. The van der Waals surface area contributed by atoms with E-state index in [0.717, 1.165) is 18.0 Å². The van der Waals surface area contributed by atoms with Gasteiger partial charge in [-0.25, -0.2) is 0 Å². The van der Waals surface area contributed by atoms with Crippen LogP contribution in [-0.2, 0) is 0 Å². The molecule has 0 aromatic rings. The van der Waals surface area contributed by atoms with Gasteiger partial charge in [-0.3, -0.25) is 0 Å². The summed E-state index contributed by atoms with van der Waals surface area (Å²) in [5, 5.41) is 0. The van der Waals surface area contributed by atoms with Gasteiger partial charge in [-0.15, -0.1) is 0 Å². The molecule has 0 aliphatic heterocycles. The fourth-order valence-electron chi connectivity index (χ4n) is 4.70. The van der Waals surface area contributed by atoms with Crippen molar-refractivity contribution in [3.63, 3.8) is 0 Å². The number of hydrogen-bond donors (Lipinski definition) is 0. The molecule has 0 aromatic heterocycles. The second-order valence-electron chi connectivity index (χ2n) is 9.14. The molecule has 0 amide bonds. The Morgan fingerprint density at radius 3 is 1.74 bits per heavy atom. The molecule has 0 spiro atoms. The van der Waals surface area contributed by atoms with Crippen molar-refractivity contribution in [3.8, 4) is 0 Å². The van der Waals surface area contributed by atoms with Gasteiger partial charge >= 0.3 is 0 Å². The van der Waals surface area contributed by atoms with Crippen LogP contribution in [0.1, 0.15) is 118 Å². The lowest BCUT2D eigenvalue weighted by atomic mass is 9.87. The largest absolute Gasteiger partial charge is 0.306 e. The number of nitrogens with zero attached hydrogens (tertiary/aromatic N) is 2. The molecule has 2 heteroatoms. The van der Waals surface area contributed by atoms with Crippen LogP contribution in [0.2, 0.25) is 0 Å². The second kappa shape index (κ2) is 18.0. The molecule has 3 atom stereocenters. The minimum Gasteiger partial charge on any atom is -0.306 e. The van der Waals surface area contributed by atoms with Crippen LogP contribution in [0.4, 0.5) is 0 Å². The summed E-state index contributed by atoms with van der Waals surface area (Å²) in [6.45, 7) is 10.6. The predicted molar refractivity (Wildman–Crippen MR) is 125 cm³/mol. The molecule has 0 N–H and O–H groups in total. The first-order chi connectivity index (χ1) is 13.0. The molecular weight excluding hydrogens is 328 g/mol. The SMILES string of the molecule is CCCCCCCC(CCC)N(C)CCC(C(CCC)CCCC)N(C)C. The summed E-state index contributed by atoms with van der Waals surface area (Å²) >= 11 is 0. The van der Waals surface area contributed by atoms with Crippen LogP contribution >= 0.6 is 0 Å². The predicted octanol–water partition coefficient (Wildman–Crippen LogP) is 7.37. The quantitative estimate of drug-likeness (QED) is 0.215. The Labute approximate surface area is 173 Å². The van der Waals surface area contributed by atoms with E-state index in [2.05, 4.69) is 58.6 Å². The Morgan fingerprint density at radius 1 is 0.556 bits per heavy atom. The average Bonchev–Trinajstić information content (AvgIpc) is 2.64. The first-order valence-corrected chi connectivity index (χ1v) is 12.4. The zero-order valence-corrected chi connectivity index (χ0v) is 20.2. The average molecular weight is 383 g/mol. The normalized spacial score (nSPS) is 15.4. The maximum absolute atomic E-state index is 2.70. The molecule has 0 bridgehead atoms.